The predicted octanol–water partition coefficient (Wildman–Crippen LogP) is 5.03. The van der Waals surface area contributed by atoms with Crippen molar-refractivity contribution >= 4 is 11.7 Å². The van der Waals surface area contributed by atoms with Gasteiger partial charge in [0.1, 0.15) is 12.4 Å². The summed E-state index contributed by atoms with van der Waals surface area (Å²) in [6, 6.07) is 16.8. The summed E-state index contributed by atoms with van der Waals surface area (Å²) in [5.74, 6) is -0.0245. The van der Waals surface area contributed by atoms with Gasteiger partial charge in [-0.25, -0.2) is 9.18 Å². The monoisotopic (exact) mass is 395 g/mol. The molecule has 5 nitrogen and oxygen atoms in total. The summed E-state index contributed by atoms with van der Waals surface area (Å²) in [6.07, 6.45) is 0. The number of methoxy groups -OCH3 is 1. The zero-order chi connectivity index (χ0) is 20.8. The molecule has 6 heteroatoms. The Balaban J connectivity index is 1.65. The average Bonchev–Trinajstić information content (AvgIpc) is 2.72. The number of ether oxygens (including phenoxy) is 2. The molecule has 29 heavy (non-hydrogen) atoms. The van der Waals surface area contributed by atoms with E-state index in [1.54, 1.807) is 37.4 Å². The third-order valence-electron chi connectivity index (χ3n) is 4.49. The smallest absolute Gasteiger partial charge is 0.335 e. The van der Waals surface area contributed by atoms with E-state index in [9.17, 15) is 9.18 Å². The van der Waals surface area contributed by atoms with Crippen molar-refractivity contribution in [2.45, 2.75) is 20.1 Å². The van der Waals surface area contributed by atoms with Crippen LogP contribution in [-0.4, -0.2) is 18.2 Å². The summed E-state index contributed by atoms with van der Waals surface area (Å²) in [6.45, 7) is 2.72. The van der Waals surface area contributed by atoms with E-state index in [2.05, 4.69) is 5.32 Å². The minimum Gasteiger partial charge on any atom is -0.493 e. The lowest BCUT2D eigenvalue weighted by Gasteiger charge is -2.14. The van der Waals surface area contributed by atoms with Crippen LogP contribution in [0.5, 0.6) is 11.5 Å². The lowest BCUT2D eigenvalue weighted by Crippen LogP contribution is -2.04. The standard InChI is InChI=1S/C23H22FNO4/c1-15-11-18(23(26)27)6-9-20(15)25-13-17-5-10-21(22(12-17)28-2)29-14-16-3-7-19(24)8-4-16/h3-12,25H,13-14H2,1-2H3,(H,26,27). The molecule has 0 saturated heterocycles. The highest BCUT2D eigenvalue weighted by Crippen LogP contribution is 2.29. The van der Waals surface area contributed by atoms with Crippen LogP contribution in [0.2, 0.25) is 0 Å². The molecule has 0 aliphatic carbocycles. The number of nitrogens with one attached hydrogen (secondary N) is 1. The molecule has 3 aromatic carbocycles. The van der Waals surface area contributed by atoms with E-state index in [4.69, 9.17) is 14.6 Å². The van der Waals surface area contributed by atoms with E-state index in [0.717, 1.165) is 22.4 Å². The van der Waals surface area contributed by atoms with E-state index in [-0.39, 0.29) is 11.4 Å². The molecule has 0 bridgehead atoms. The second-order valence-corrected chi connectivity index (χ2v) is 6.59. The Kier molecular flexibility index (Phi) is 6.34. The van der Waals surface area contributed by atoms with Crippen LogP contribution in [-0.2, 0) is 13.2 Å². The fraction of sp³-hybridized carbons (Fsp3) is 0.174. The minimum absolute atomic E-state index is 0.261. The van der Waals surface area contributed by atoms with Crippen LogP contribution < -0.4 is 14.8 Å². The molecule has 150 valence electrons. The Morgan fingerprint density at radius 2 is 1.72 bits per heavy atom. The highest BCUT2D eigenvalue weighted by Gasteiger charge is 2.08. The van der Waals surface area contributed by atoms with Gasteiger partial charge in [-0.1, -0.05) is 18.2 Å². The summed E-state index contributed by atoms with van der Waals surface area (Å²) in [5, 5.41) is 12.4. The second-order valence-electron chi connectivity index (χ2n) is 6.59. The normalized spacial score (nSPS) is 10.4. The maximum absolute atomic E-state index is 13.0. The molecule has 2 N–H and O–H groups in total. The average molecular weight is 395 g/mol. The lowest BCUT2D eigenvalue weighted by molar-refractivity contribution is 0.0697. The Hall–Kier alpha value is -3.54. The highest BCUT2D eigenvalue weighted by atomic mass is 19.1. The summed E-state index contributed by atoms with van der Waals surface area (Å²) in [4.78, 5) is 11.0. The number of hydrogen-bond acceptors (Lipinski definition) is 4. The number of carboxylic acids is 1. The molecule has 0 saturated carbocycles. The molecule has 0 spiro atoms. The van der Waals surface area contributed by atoms with Gasteiger partial charge in [0.2, 0.25) is 0 Å². The fourth-order valence-corrected chi connectivity index (χ4v) is 2.88. The van der Waals surface area contributed by atoms with Crippen molar-refractivity contribution in [3.8, 4) is 11.5 Å². The number of benzene rings is 3. The Labute approximate surface area is 168 Å². The third kappa shape index (κ3) is 5.25. The maximum atomic E-state index is 13.0. The van der Waals surface area contributed by atoms with E-state index >= 15 is 0 Å². The molecule has 0 aromatic heterocycles. The molecule has 0 radical (unpaired) electrons. The molecular weight excluding hydrogens is 373 g/mol. The molecule has 0 heterocycles. The Morgan fingerprint density at radius 1 is 1.00 bits per heavy atom. The van der Waals surface area contributed by atoms with Crippen molar-refractivity contribution in [3.63, 3.8) is 0 Å². The zero-order valence-electron chi connectivity index (χ0n) is 16.2. The van der Waals surface area contributed by atoms with Crippen LogP contribution in [0.15, 0.2) is 60.7 Å². The van der Waals surface area contributed by atoms with Crippen molar-refractivity contribution in [1.29, 1.82) is 0 Å². The number of carboxylic acid groups (broad SMARTS) is 1. The molecule has 0 amide bonds. The summed E-state index contributed by atoms with van der Waals surface area (Å²) in [5.41, 5.74) is 3.83. The van der Waals surface area contributed by atoms with Crippen LogP contribution >= 0.6 is 0 Å². The topological polar surface area (TPSA) is 67.8 Å². The van der Waals surface area contributed by atoms with E-state index in [0.29, 0.717) is 24.7 Å². The maximum Gasteiger partial charge on any atom is 0.335 e. The molecule has 3 rings (SSSR count). The predicted molar refractivity (Wildman–Crippen MR) is 109 cm³/mol. The van der Waals surface area contributed by atoms with Crippen molar-refractivity contribution in [2.24, 2.45) is 0 Å². The molecule has 3 aromatic rings. The van der Waals surface area contributed by atoms with Gasteiger partial charge in [0, 0.05) is 12.2 Å². The molecule has 0 atom stereocenters. The van der Waals surface area contributed by atoms with E-state index in [1.807, 2.05) is 25.1 Å². The molecule has 0 aliphatic rings. The van der Waals surface area contributed by atoms with Crippen molar-refractivity contribution in [3.05, 3.63) is 88.7 Å². The molecule has 0 fully saturated rings. The highest BCUT2D eigenvalue weighted by molar-refractivity contribution is 5.88. The van der Waals surface area contributed by atoms with Crippen molar-refractivity contribution < 1.29 is 23.8 Å². The summed E-state index contributed by atoms with van der Waals surface area (Å²) < 4.78 is 24.2. The van der Waals surface area contributed by atoms with Gasteiger partial charge in [-0.2, -0.15) is 0 Å². The fourth-order valence-electron chi connectivity index (χ4n) is 2.88. The van der Waals surface area contributed by atoms with Crippen LogP contribution in [0, 0.1) is 12.7 Å². The first-order valence-corrected chi connectivity index (χ1v) is 9.08. The zero-order valence-corrected chi connectivity index (χ0v) is 16.2. The number of aryl methyl sites for hydroxylation is 1. The molecule has 0 aliphatic heterocycles. The molecular formula is C23H22FNO4. The van der Waals surface area contributed by atoms with Crippen LogP contribution in [0.3, 0.4) is 0 Å². The van der Waals surface area contributed by atoms with Gasteiger partial charge in [-0.15, -0.1) is 0 Å². The number of aromatic carboxylic acids is 1. The SMILES string of the molecule is COc1cc(CNc2ccc(C(=O)O)cc2C)ccc1OCc1ccc(F)cc1. The minimum atomic E-state index is -0.944. The van der Waals surface area contributed by atoms with Crippen molar-refractivity contribution in [2.75, 3.05) is 12.4 Å². The number of hydrogen-bond donors (Lipinski definition) is 2. The van der Waals surface area contributed by atoms with Crippen molar-refractivity contribution in [1.82, 2.24) is 0 Å². The van der Waals surface area contributed by atoms with Gasteiger partial charge >= 0.3 is 5.97 Å². The second kappa shape index (κ2) is 9.10. The largest absolute Gasteiger partial charge is 0.493 e. The van der Waals surface area contributed by atoms with Crippen LogP contribution in [0.25, 0.3) is 0 Å². The first-order chi connectivity index (χ1) is 14.0. The number of rotatable bonds is 8. The van der Waals surface area contributed by atoms with Gasteiger partial charge < -0.3 is 19.9 Å². The Bertz CT molecular complexity index is 1000. The third-order valence-corrected chi connectivity index (χ3v) is 4.49. The van der Waals surface area contributed by atoms with Gasteiger partial charge in [-0.3, -0.25) is 0 Å². The lowest BCUT2D eigenvalue weighted by atomic mass is 10.1. The number of anilines is 1. The van der Waals surface area contributed by atoms with Crippen LogP contribution in [0.4, 0.5) is 10.1 Å². The van der Waals surface area contributed by atoms with Gasteiger partial charge in [-0.05, 0) is 66.1 Å². The van der Waals surface area contributed by atoms with Gasteiger partial charge in [0.25, 0.3) is 0 Å². The van der Waals surface area contributed by atoms with E-state index < -0.39 is 5.97 Å². The van der Waals surface area contributed by atoms with Crippen LogP contribution in [0.1, 0.15) is 27.0 Å². The first-order valence-electron chi connectivity index (χ1n) is 9.08. The van der Waals surface area contributed by atoms with Gasteiger partial charge in [0.05, 0.1) is 12.7 Å². The number of halogens is 1. The Morgan fingerprint density at radius 3 is 2.38 bits per heavy atom. The first kappa shape index (κ1) is 20.2. The summed E-state index contributed by atoms with van der Waals surface area (Å²) in [7, 11) is 1.58. The van der Waals surface area contributed by atoms with E-state index in [1.165, 1.54) is 12.1 Å². The number of carbonyl (C=O) groups is 1. The molecule has 0 unspecified atom stereocenters. The summed E-state index contributed by atoms with van der Waals surface area (Å²) >= 11 is 0. The quantitative estimate of drug-likeness (QED) is 0.560. The van der Waals surface area contributed by atoms with Gasteiger partial charge in [0.15, 0.2) is 11.5 Å².